The summed E-state index contributed by atoms with van der Waals surface area (Å²) in [5.41, 5.74) is 0.455. The van der Waals surface area contributed by atoms with Crippen LogP contribution >= 0.6 is 0 Å². The number of carbonyl (C=O) groups is 2. The molecule has 0 aliphatic carbocycles. The van der Waals surface area contributed by atoms with Gasteiger partial charge in [-0.15, -0.1) is 0 Å². The van der Waals surface area contributed by atoms with E-state index in [-0.39, 0.29) is 29.2 Å². The summed E-state index contributed by atoms with van der Waals surface area (Å²) in [6, 6.07) is 5.99. The number of ketones is 1. The number of hydrogen-bond donors (Lipinski definition) is 0. The summed E-state index contributed by atoms with van der Waals surface area (Å²) in [5.74, 6) is -0.277. The normalized spacial score (nSPS) is 18.4. The maximum Gasteiger partial charge on any atom is 0.243 e. The summed E-state index contributed by atoms with van der Waals surface area (Å²) < 4.78 is 26.4. The molecule has 138 valence electrons. The number of carbonyl (C=O) groups excluding carboxylic acids is 2. The van der Waals surface area contributed by atoms with Gasteiger partial charge in [0.1, 0.15) is 0 Å². The molecule has 1 unspecified atom stereocenters. The summed E-state index contributed by atoms with van der Waals surface area (Å²) in [5, 5.41) is 0. The van der Waals surface area contributed by atoms with E-state index in [2.05, 4.69) is 0 Å². The van der Waals surface area contributed by atoms with Crippen LogP contribution in [0.15, 0.2) is 29.2 Å². The van der Waals surface area contributed by atoms with Crippen LogP contribution in [0.4, 0.5) is 0 Å². The number of Topliss-reactive ketones (excluding diaryl/α,β-unsaturated/α-hetero) is 1. The van der Waals surface area contributed by atoms with Crippen molar-refractivity contribution in [1.29, 1.82) is 0 Å². The zero-order valence-corrected chi connectivity index (χ0v) is 15.9. The van der Waals surface area contributed by atoms with Crippen LogP contribution < -0.4 is 0 Å². The Kier molecular flexibility index (Phi) is 6.35. The second-order valence-corrected chi connectivity index (χ2v) is 8.53. The molecule has 0 bridgehead atoms. The first-order valence-corrected chi connectivity index (χ1v) is 10.1. The molecule has 0 radical (unpaired) electrons. The molecule has 0 N–H and O–H groups in total. The topological polar surface area (TPSA) is 74.8 Å². The van der Waals surface area contributed by atoms with Gasteiger partial charge in [0, 0.05) is 25.2 Å². The van der Waals surface area contributed by atoms with Crippen molar-refractivity contribution in [2.45, 2.75) is 50.5 Å². The number of benzene rings is 1. The molecular weight excluding hydrogens is 340 g/mol. The van der Waals surface area contributed by atoms with Crippen molar-refractivity contribution in [2.75, 3.05) is 20.1 Å². The van der Waals surface area contributed by atoms with Gasteiger partial charge in [-0.1, -0.05) is 19.1 Å². The Hall–Kier alpha value is -1.73. The van der Waals surface area contributed by atoms with Gasteiger partial charge in [-0.25, -0.2) is 8.42 Å². The standard InChI is InChI=1S/C18H26N2O4S/c1-4-16-7-5-6-12-20(16)18(22)13-19(3)25(23,24)17-10-8-15(9-11-17)14(2)21/h8-11,16H,4-7,12-13H2,1-3H3. The molecule has 2 rings (SSSR count). The highest BCUT2D eigenvalue weighted by Crippen LogP contribution is 2.21. The molecule has 7 heteroatoms. The first kappa shape index (κ1) is 19.6. The molecule has 25 heavy (non-hydrogen) atoms. The van der Waals surface area contributed by atoms with E-state index in [0.717, 1.165) is 30.0 Å². The number of amides is 1. The number of sulfonamides is 1. The second kappa shape index (κ2) is 8.10. The van der Waals surface area contributed by atoms with E-state index < -0.39 is 10.0 Å². The van der Waals surface area contributed by atoms with Gasteiger partial charge in [0.05, 0.1) is 11.4 Å². The van der Waals surface area contributed by atoms with Gasteiger partial charge in [-0.05, 0) is 44.7 Å². The summed E-state index contributed by atoms with van der Waals surface area (Å²) in [7, 11) is -2.35. The van der Waals surface area contributed by atoms with E-state index in [1.165, 1.54) is 38.2 Å². The van der Waals surface area contributed by atoms with E-state index in [9.17, 15) is 18.0 Å². The number of likely N-dealkylation sites (tertiary alicyclic amines) is 1. The van der Waals surface area contributed by atoms with Crippen molar-refractivity contribution >= 4 is 21.7 Å². The predicted octanol–water partition coefficient (Wildman–Crippen LogP) is 2.30. The van der Waals surface area contributed by atoms with Gasteiger partial charge in [0.15, 0.2) is 5.78 Å². The highest BCUT2D eigenvalue weighted by atomic mass is 32.2. The average Bonchev–Trinajstić information content (AvgIpc) is 2.61. The van der Waals surface area contributed by atoms with E-state index in [1.807, 2.05) is 11.8 Å². The largest absolute Gasteiger partial charge is 0.339 e. The van der Waals surface area contributed by atoms with Crippen molar-refractivity contribution in [1.82, 2.24) is 9.21 Å². The van der Waals surface area contributed by atoms with E-state index in [0.29, 0.717) is 12.1 Å². The van der Waals surface area contributed by atoms with Crippen LogP contribution in [0.2, 0.25) is 0 Å². The molecule has 1 atom stereocenters. The molecular formula is C18H26N2O4S. The fourth-order valence-electron chi connectivity index (χ4n) is 3.16. The van der Waals surface area contributed by atoms with Crippen molar-refractivity contribution in [3.8, 4) is 0 Å². The molecule has 1 saturated heterocycles. The molecule has 1 aliphatic heterocycles. The van der Waals surface area contributed by atoms with Crippen molar-refractivity contribution in [3.63, 3.8) is 0 Å². The lowest BCUT2D eigenvalue weighted by atomic mass is 10.00. The number of rotatable bonds is 6. The molecule has 1 amide bonds. The Labute approximate surface area is 149 Å². The maximum atomic E-state index is 12.7. The maximum absolute atomic E-state index is 12.7. The molecule has 1 fully saturated rings. The predicted molar refractivity (Wildman–Crippen MR) is 95.9 cm³/mol. The smallest absolute Gasteiger partial charge is 0.243 e. The molecule has 0 spiro atoms. The number of hydrogen-bond acceptors (Lipinski definition) is 4. The molecule has 1 aromatic rings. The van der Waals surface area contributed by atoms with Crippen LogP contribution in [0.3, 0.4) is 0 Å². The first-order valence-electron chi connectivity index (χ1n) is 8.64. The Morgan fingerprint density at radius 3 is 2.40 bits per heavy atom. The Bertz CT molecular complexity index is 728. The number of piperidine rings is 1. The Morgan fingerprint density at radius 2 is 1.84 bits per heavy atom. The van der Waals surface area contributed by atoms with Crippen LogP contribution in [0.25, 0.3) is 0 Å². The zero-order chi connectivity index (χ0) is 18.6. The summed E-state index contributed by atoms with van der Waals surface area (Å²) in [4.78, 5) is 25.8. The zero-order valence-electron chi connectivity index (χ0n) is 15.1. The van der Waals surface area contributed by atoms with Crippen LogP contribution in [0, 0.1) is 0 Å². The van der Waals surface area contributed by atoms with Gasteiger partial charge in [-0.2, -0.15) is 4.31 Å². The lowest BCUT2D eigenvalue weighted by Crippen LogP contribution is -2.48. The summed E-state index contributed by atoms with van der Waals surface area (Å²) in [6.45, 7) is 4.00. The third kappa shape index (κ3) is 4.46. The minimum Gasteiger partial charge on any atom is -0.339 e. The molecule has 0 aromatic heterocycles. The quantitative estimate of drug-likeness (QED) is 0.724. The van der Waals surface area contributed by atoms with Gasteiger partial charge in [0.25, 0.3) is 0 Å². The van der Waals surface area contributed by atoms with Crippen LogP contribution in [0.5, 0.6) is 0 Å². The fraction of sp³-hybridized carbons (Fsp3) is 0.556. The third-order valence-corrected chi connectivity index (χ3v) is 6.56. The summed E-state index contributed by atoms with van der Waals surface area (Å²) >= 11 is 0. The highest BCUT2D eigenvalue weighted by molar-refractivity contribution is 7.89. The van der Waals surface area contributed by atoms with Gasteiger partial charge in [-0.3, -0.25) is 9.59 Å². The van der Waals surface area contributed by atoms with Crippen molar-refractivity contribution in [2.24, 2.45) is 0 Å². The minimum absolute atomic E-state index is 0.0819. The van der Waals surface area contributed by atoms with Gasteiger partial charge < -0.3 is 4.90 Å². The third-order valence-electron chi connectivity index (χ3n) is 4.75. The number of nitrogens with zero attached hydrogens (tertiary/aromatic N) is 2. The van der Waals surface area contributed by atoms with Gasteiger partial charge >= 0.3 is 0 Å². The average molecular weight is 366 g/mol. The monoisotopic (exact) mass is 366 g/mol. The summed E-state index contributed by atoms with van der Waals surface area (Å²) in [6.07, 6.45) is 3.93. The first-order chi connectivity index (χ1) is 11.8. The molecule has 1 heterocycles. The van der Waals surface area contributed by atoms with E-state index in [4.69, 9.17) is 0 Å². The Morgan fingerprint density at radius 1 is 1.20 bits per heavy atom. The lowest BCUT2D eigenvalue weighted by Gasteiger charge is -2.36. The molecule has 1 aromatic carbocycles. The number of likely N-dealkylation sites (N-methyl/N-ethyl adjacent to an activating group) is 1. The SMILES string of the molecule is CCC1CCCCN1C(=O)CN(C)S(=O)(=O)c1ccc(C(C)=O)cc1. The van der Waals surface area contributed by atoms with Crippen LogP contribution in [0.1, 0.15) is 49.9 Å². The van der Waals surface area contributed by atoms with E-state index >= 15 is 0 Å². The van der Waals surface area contributed by atoms with Crippen LogP contribution in [-0.4, -0.2) is 55.5 Å². The van der Waals surface area contributed by atoms with Crippen molar-refractivity contribution < 1.29 is 18.0 Å². The Balaban J connectivity index is 2.11. The molecule has 6 nitrogen and oxygen atoms in total. The van der Waals surface area contributed by atoms with E-state index in [1.54, 1.807) is 0 Å². The lowest BCUT2D eigenvalue weighted by molar-refractivity contribution is -0.134. The molecule has 1 aliphatic rings. The highest BCUT2D eigenvalue weighted by Gasteiger charge is 2.29. The fourth-order valence-corrected chi connectivity index (χ4v) is 4.28. The van der Waals surface area contributed by atoms with Crippen LogP contribution in [-0.2, 0) is 14.8 Å². The minimum atomic E-state index is -3.76. The second-order valence-electron chi connectivity index (χ2n) is 6.49. The van der Waals surface area contributed by atoms with Crippen molar-refractivity contribution in [3.05, 3.63) is 29.8 Å². The van der Waals surface area contributed by atoms with Gasteiger partial charge in [0.2, 0.25) is 15.9 Å². The molecule has 0 saturated carbocycles.